The van der Waals surface area contributed by atoms with Crippen molar-refractivity contribution < 1.29 is 4.74 Å². The Kier molecular flexibility index (Phi) is 7.68. The van der Waals surface area contributed by atoms with Gasteiger partial charge in [-0.3, -0.25) is 0 Å². The van der Waals surface area contributed by atoms with E-state index < -0.39 is 0 Å². The maximum absolute atomic E-state index is 5.81. The van der Waals surface area contributed by atoms with Gasteiger partial charge >= 0.3 is 0 Å². The lowest BCUT2D eigenvalue weighted by atomic mass is 10.0. The predicted octanol–water partition coefficient (Wildman–Crippen LogP) is 4.05. The molecular formula is C16H25NOS. The minimum absolute atomic E-state index is 0.443. The molecule has 1 rings (SSSR count). The normalized spacial score (nSPS) is 12.3. The van der Waals surface area contributed by atoms with Crippen molar-refractivity contribution in [1.82, 2.24) is 0 Å². The van der Waals surface area contributed by atoms with E-state index in [0.29, 0.717) is 17.5 Å². The lowest BCUT2D eigenvalue weighted by Gasteiger charge is -2.14. The van der Waals surface area contributed by atoms with E-state index in [-0.39, 0.29) is 0 Å². The van der Waals surface area contributed by atoms with Gasteiger partial charge in [0.15, 0.2) is 0 Å². The van der Waals surface area contributed by atoms with Crippen molar-refractivity contribution in [3.8, 4) is 0 Å². The second-order valence-corrected chi connectivity index (χ2v) is 5.43. The fraction of sp³-hybridized carbons (Fsp3) is 0.562. The highest BCUT2D eigenvalue weighted by Gasteiger charge is 2.06. The highest BCUT2D eigenvalue weighted by Crippen LogP contribution is 2.14. The number of ether oxygens (including phenoxy) is 1. The largest absolute Gasteiger partial charge is 0.389 e. The Morgan fingerprint density at radius 1 is 1.26 bits per heavy atom. The van der Waals surface area contributed by atoms with Gasteiger partial charge in [0.2, 0.25) is 0 Å². The Labute approximate surface area is 122 Å². The average Bonchev–Trinajstić information content (AvgIpc) is 2.43. The average molecular weight is 279 g/mol. The van der Waals surface area contributed by atoms with Crippen LogP contribution in [0.3, 0.4) is 0 Å². The predicted molar refractivity (Wildman–Crippen MR) is 85.3 cm³/mol. The number of rotatable bonds is 9. The topological polar surface area (TPSA) is 35.2 Å². The minimum Gasteiger partial charge on any atom is -0.389 e. The third-order valence-electron chi connectivity index (χ3n) is 3.40. The molecule has 3 heteroatoms. The van der Waals surface area contributed by atoms with E-state index >= 15 is 0 Å². The van der Waals surface area contributed by atoms with Crippen LogP contribution in [0.5, 0.6) is 0 Å². The molecule has 0 saturated carbocycles. The van der Waals surface area contributed by atoms with Crippen LogP contribution in [0.4, 0.5) is 0 Å². The van der Waals surface area contributed by atoms with E-state index in [4.69, 9.17) is 22.7 Å². The molecule has 0 saturated heterocycles. The molecule has 0 heterocycles. The summed E-state index contributed by atoms with van der Waals surface area (Å²) in [5, 5.41) is 0. The number of hydrogen-bond acceptors (Lipinski definition) is 2. The van der Waals surface area contributed by atoms with E-state index in [1.54, 1.807) is 0 Å². The SMILES string of the molecule is CCCCC(CC)COCc1ccc(C(N)=S)cc1. The molecule has 0 aromatic heterocycles. The fourth-order valence-electron chi connectivity index (χ4n) is 2.01. The summed E-state index contributed by atoms with van der Waals surface area (Å²) in [7, 11) is 0. The molecule has 0 aliphatic heterocycles. The van der Waals surface area contributed by atoms with Gasteiger partial charge in [-0.1, -0.05) is 69.6 Å². The summed E-state index contributed by atoms with van der Waals surface area (Å²) in [5.74, 6) is 0.691. The number of thiocarbonyl (C=S) groups is 1. The van der Waals surface area contributed by atoms with Crippen molar-refractivity contribution in [3.05, 3.63) is 35.4 Å². The molecule has 2 N–H and O–H groups in total. The number of hydrogen-bond donors (Lipinski definition) is 1. The molecule has 106 valence electrons. The number of benzene rings is 1. The summed E-state index contributed by atoms with van der Waals surface area (Å²) in [6, 6.07) is 7.97. The molecule has 1 aromatic carbocycles. The second-order valence-electron chi connectivity index (χ2n) is 4.99. The molecule has 0 aliphatic rings. The van der Waals surface area contributed by atoms with E-state index in [1.807, 2.05) is 24.3 Å². The molecule has 0 radical (unpaired) electrons. The lowest BCUT2D eigenvalue weighted by molar-refractivity contribution is 0.0820. The quantitative estimate of drug-likeness (QED) is 0.693. The van der Waals surface area contributed by atoms with E-state index in [9.17, 15) is 0 Å². The Bertz CT molecular complexity index is 375. The number of nitrogens with two attached hydrogens (primary N) is 1. The summed E-state index contributed by atoms with van der Waals surface area (Å²) < 4.78 is 5.81. The first kappa shape index (κ1) is 16.1. The van der Waals surface area contributed by atoms with Gasteiger partial charge in [-0.25, -0.2) is 0 Å². The van der Waals surface area contributed by atoms with Crippen molar-refractivity contribution in [2.45, 2.75) is 46.1 Å². The van der Waals surface area contributed by atoms with Crippen molar-refractivity contribution >= 4 is 17.2 Å². The highest BCUT2D eigenvalue weighted by molar-refractivity contribution is 7.80. The van der Waals surface area contributed by atoms with Gasteiger partial charge in [-0.2, -0.15) is 0 Å². The fourth-order valence-corrected chi connectivity index (χ4v) is 2.14. The molecule has 1 aromatic rings. The maximum Gasteiger partial charge on any atom is 0.103 e. The molecule has 0 bridgehead atoms. The smallest absolute Gasteiger partial charge is 0.103 e. The van der Waals surface area contributed by atoms with Gasteiger partial charge in [0.05, 0.1) is 6.61 Å². The van der Waals surface area contributed by atoms with Gasteiger partial charge in [-0.05, 0) is 17.9 Å². The zero-order valence-corrected chi connectivity index (χ0v) is 12.8. The van der Waals surface area contributed by atoms with Crippen LogP contribution in [0.15, 0.2) is 24.3 Å². The molecule has 1 unspecified atom stereocenters. The minimum atomic E-state index is 0.443. The van der Waals surface area contributed by atoms with Crippen LogP contribution in [-0.2, 0) is 11.3 Å². The molecule has 0 fully saturated rings. The first-order chi connectivity index (χ1) is 9.17. The Hall–Kier alpha value is -0.930. The molecule has 19 heavy (non-hydrogen) atoms. The Morgan fingerprint density at radius 3 is 2.47 bits per heavy atom. The van der Waals surface area contributed by atoms with Crippen LogP contribution in [0.25, 0.3) is 0 Å². The van der Waals surface area contributed by atoms with Gasteiger partial charge in [0.25, 0.3) is 0 Å². The zero-order chi connectivity index (χ0) is 14.1. The van der Waals surface area contributed by atoms with Crippen molar-refractivity contribution in [3.63, 3.8) is 0 Å². The molecule has 1 atom stereocenters. The van der Waals surface area contributed by atoms with E-state index in [0.717, 1.165) is 12.2 Å². The summed E-state index contributed by atoms with van der Waals surface area (Å²) in [4.78, 5) is 0.443. The highest BCUT2D eigenvalue weighted by atomic mass is 32.1. The van der Waals surface area contributed by atoms with Crippen molar-refractivity contribution in [2.24, 2.45) is 11.7 Å². The van der Waals surface area contributed by atoms with Crippen molar-refractivity contribution in [2.75, 3.05) is 6.61 Å². The van der Waals surface area contributed by atoms with Gasteiger partial charge in [-0.15, -0.1) is 0 Å². The van der Waals surface area contributed by atoms with Gasteiger partial charge < -0.3 is 10.5 Å². The van der Waals surface area contributed by atoms with Gasteiger partial charge in [0, 0.05) is 12.2 Å². The molecule has 0 spiro atoms. The summed E-state index contributed by atoms with van der Waals surface area (Å²) in [6.45, 7) is 5.99. The summed E-state index contributed by atoms with van der Waals surface area (Å²) in [6.07, 6.45) is 5.02. The molecule has 0 amide bonds. The van der Waals surface area contributed by atoms with E-state index in [2.05, 4.69) is 13.8 Å². The lowest BCUT2D eigenvalue weighted by Crippen LogP contribution is -2.10. The monoisotopic (exact) mass is 279 g/mol. The summed E-state index contributed by atoms with van der Waals surface area (Å²) in [5.41, 5.74) is 7.65. The van der Waals surface area contributed by atoms with Crippen molar-refractivity contribution in [1.29, 1.82) is 0 Å². The second kappa shape index (κ2) is 9.05. The van der Waals surface area contributed by atoms with Crippen LogP contribution >= 0.6 is 12.2 Å². The van der Waals surface area contributed by atoms with Crippen LogP contribution < -0.4 is 5.73 Å². The van der Waals surface area contributed by atoms with E-state index in [1.165, 1.54) is 31.2 Å². The first-order valence-corrected chi connectivity index (χ1v) is 7.54. The van der Waals surface area contributed by atoms with Crippen LogP contribution in [0.1, 0.15) is 50.7 Å². The van der Waals surface area contributed by atoms with Crippen LogP contribution in [0.2, 0.25) is 0 Å². The Morgan fingerprint density at radius 2 is 1.95 bits per heavy atom. The number of unbranched alkanes of at least 4 members (excludes halogenated alkanes) is 1. The third-order valence-corrected chi connectivity index (χ3v) is 3.64. The first-order valence-electron chi connectivity index (χ1n) is 7.13. The molecular weight excluding hydrogens is 254 g/mol. The standard InChI is InChI=1S/C16H25NOS/c1-3-5-6-13(4-2)11-18-12-14-7-9-15(10-8-14)16(17)19/h7-10,13H,3-6,11-12H2,1-2H3,(H2,17,19). The molecule has 0 aliphatic carbocycles. The van der Waals surface area contributed by atoms with Crippen LogP contribution in [-0.4, -0.2) is 11.6 Å². The maximum atomic E-state index is 5.81. The summed E-state index contributed by atoms with van der Waals surface area (Å²) >= 11 is 4.93. The third kappa shape index (κ3) is 6.17. The van der Waals surface area contributed by atoms with Crippen LogP contribution in [0, 0.1) is 5.92 Å². The van der Waals surface area contributed by atoms with Gasteiger partial charge in [0.1, 0.15) is 4.99 Å². The zero-order valence-electron chi connectivity index (χ0n) is 12.0. The molecule has 2 nitrogen and oxygen atoms in total. The Balaban J connectivity index is 2.33.